The van der Waals surface area contributed by atoms with E-state index in [0.29, 0.717) is 0 Å². The summed E-state index contributed by atoms with van der Waals surface area (Å²) in [5.41, 5.74) is 6.15. The van der Waals surface area contributed by atoms with Gasteiger partial charge >= 0.3 is 6.03 Å². The minimum atomic E-state index is -0.499. The molecule has 0 fully saturated rings. The van der Waals surface area contributed by atoms with Crippen LogP contribution in [0.15, 0.2) is 42.5 Å². The zero-order chi connectivity index (χ0) is 11.5. The number of fused-ring (bicyclic) bond motifs is 1. The molecule has 2 aromatic carbocycles. The van der Waals surface area contributed by atoms with Gasteiger partial charge in [-0.15, -0.1) is 0 Å². The van der Waals surface area contributed by atoms with Crippen molar-refractivity contribution < 1.29 is 4.79 Å². The van der Waals surface area contributed by atoms with Gasteiger partial charge in [0.15, 0.2) is 0 Å². The molecule has 0 aromatic heterocycles. The van der Waals surface area contributed by atoms with E-state index in [1.807, 2.05) is 31.2 Å². The normalized spacial score (nSPS) is 12.3. The van der Waals surface area contributed by atoms with Crippen molar-refractivity contribution in [1.82, 2.24) is 5.32 Å². The van der Waals surface area contributed by atoms with Crippen LogP contribution < -0.4 is 11.1 Å². The summed E-state index contributed by atoms with van der Waals surface area (Å²) in [6.45, 7) is 1.91. The number of urea groups is 1. The highest BCUT2D eigenvalue weighted by Crippen LogP contribution is 2.19. The summed E-state index contributed by atoms with van der Waals surface area (Å²) in [7, 11) is 0. The second-order valence-corrected chi connectivity index (χ2v) is 3.84. The predicted octanol–water partition coefficient (Wildman–Crippen LogP) is 2.57. The number of nitrogens with two attached hydrogens (primary N) is 1. The maximum Gasteiger partial charge on any atom is 0.312 e. The Morgan fingerprint density at radius 2 is 1.88 bits per heavy atom. The fourth-order valence-corrected chi connectivity index (χ4v) is 1.77. The maximum absolute atomic E-state index is 10.8. The number of nitrogens with one attached hydrogen (secondary N) is 1. The van der Waals surface area contributed by atoms with Gasteiger partial charge in [0.25, 0.3) is 0 Å². The highest BCUT2D eigenvalue weighted by molar-refractivity contribution is 5.83. The highest BCUT2D eigenvalue weighted by Gasteiger charge is 2.06. The van der Waals surface area contributed by atoms with Crippen LogP contribution in [0.25, 0.3) is 10.8 Å². The van der Waals surface area contributed by atoms with Crippen LogP contribution in [0.3, 0.4) is 0 Å². The largest absolute Gasteiger partial charge is 0.352 e. The molecule has 16 heavy (non-hydrogen) atoms. The third-order valence-electron chi connectivity index (χ3n) is 2.63. The molecule has 0 radical (unpaired) electrons. The standard InChI is InChI=1S/C13H14N2O/c1-9(15-13(14)16)11-7-6-10-4-2-3-5-12(10)8-11/h2-9H,1H3,(H3,14,15,16)/t9-/m1/s1. The second kappa shape index (κ2) is 4.23. The third kappa shape index (κ3) is 2.14. The molecular formula is C13H14N2O. The fraction of sp³-hybridized carbons (Fsp3) is 0.154. The van der Waals surface area contributed by atoms with E-state index in [-0.39, 0.29) is 6.04 Å². The van der Waals surface area contributed by atoms with Crippen molar-refractivity contribution in [2.75, 3.05) is 0 Å². The van der Waals surface area contributed by atoms with Crippen molar-refractivity contribution in [2.45, 2.75) is 13.0 Å². The van der Waals surface area contributed by atoms with Gasteiger partial charge < -0.3 is 11.1 Å². The van der Waals surface area contributed by atoms with Gasteiger partial charge in [0, 0.05) is 0 Å². The molecule has 1 atom stereocenters. The van der Waals surface area contributed by atoms with E-state index in [1.165, 1.54) is 5.39 Å². The van der Waals surface area contributed by atoms with Crippen molar-refractivity contribution in [2.24, 2.45) is 5.73 Å². The van der Waals surface area contributed by atoms with Crippen molar-refractivity contribution in [1.29, 1.82) is 0 Å². The molecule has 2 amide bonds. The summed E-state index contributed by atoms with van der Waals surface area (Å²) in [5.74, 6) is 0. The summed E-state index contributed by atoms with van der Waals surface area (Å²) in [4.78, 5) is 10.8. The molecule has 0 aliphatic rings. The van der Waals surface area contributed by atoms with E-state index in [0.717, 1.165) is 10.9 Å². The summed E-state index contributed by atoms with van der Waals surface area (Å²) < 4.78 is 0. The van der Waals surface area contributed by atoms with Gasteiger partial charge in [-0.2, -0.15) is 0 Å². The zero-order valence-corrected chi connectivity index (χ0v) is 9.10. The summed E-state index contributed by atoms with van der Waals surface area (Å²) in [6, 6.07) is 13.7. The first-order valence-corrected chi connectivity index (χ1v) is 5.21. The van der Waals surface area contributed by atoms with Crippen LogP contribution in [0, 0.1) is 0 Å². The first-order chi connectivity index (χ1) is 7.66. The van der Waals surface area contributed by atoms with E-state index in [4.69, 9.17) is 5.73 Å². The molecule has 0 saturated carbocycles. The van der Waals surface area contributed by atoms with Gasteiger partial charge in [0.1, 0.15) is 0 Å². The van der Waals surface area contributed by atoms with E-state index in [9.17, 15) is 4.79 Å². The predicted molar refractivity (Wildman–Crippen MR) is 65.1 cm³/mol. The molecule has 0 bridgehead atoms. The third-order valence-corrected chi connectivity index (χ3v) is 2.63. The first-order valence-electron chi connectivity index (χ1n) is 5.21. The quantitative estimate of drug-likeness (QED) is 0.793. The lowest BCUT2D eigenvalue weighted by Gasteiger charge is -2.13. The Kier molecular flexibility index (Phi) is 2.77. The number of hydrogen-bond acceptors (Lipinski definition) is 1. The van der Waals surface area contributed by atoms with Crippen LogP contribution in [0.5, 0.6) is 0 Å². The molecule has 0 aliphatic heterocycles. The van der Waals surface area contributed by atoms with Crippen LogP contribution in [0.2, 0.25) is 0 Å². The first kappa shape index (κ1) is 10.5. The summed E-state index contributed by atoms with van der Waals surface area (Å²) in [6.07, 6.45) is 0. The van der Waals surface area contributed by atoms with Gasteiger partial charge in [0.2, 0.25) is 0 Å². The van der Waals surface area contributed by atoms with Gasteiger partial charge in [0.05, 0.1) is 6.04 Å². The Morgan fingerprint density at radius 3 is 2.56 bits per heavy atom. The lowest BCUT2D eigenvalue weighted by molar-refractivity contribution is 0.246. The Morgan fingerprint density at radius 1 is 1.19 bits per heavy atom. The van der Waals surface area contributed by atoms with Crippen molar-refractivity contribution in [3.8, 4) is 0 Å². The molecule has 0 saturated heterocycles. The van der Waals surface area contributed by atoms with Crippen molar-refractivity contribution in [3.63, 3.8) is 0 Å². The molecule has 0 unspecified atom stereocenters. The molecule has 82 valence electrons. The Bertz CT molecular complexity index is 522. The van der Waals surface area contributed by atoms with E-state index >= 15 is 0 Å². The van der Waals surface area contributed by atoms with E-state index < -0.39 is 6.03 Å². The highest BCUT2D eigenvalue weighted by atomic mass is 16.2. The molecule has 3 nitrogen and oxygen atoms in total. The Labute approximate surface area is 94.3 Å². The topological polar surface area (TPSA) is 55.1 Å². The van der Waals surface area contributed by atoms with Crippen LogP contribution in [0.4, 0.5) is 4.79 Å². The van der Waals surface area contributed by atoms with Crippen LogP contribution in [0.1, 0.15) is 18.5 Å². The molecule has 0 aliphatic carbocycles. The van der Waals surface area contributed by atoms with Crippen molar-refractivity contribution in [3.05, 3.63) is 48.0 Å². The Balaban J connectivity index is 2.35. The maximum atomic E-state index is 10.8. The molecule has 2 aromatic rings. The minimum absolute atomic E-state index is 0.0675. The summed E-state index contributed by atoms with van der Waals surface area (Å²) >= 11 is 0. The SMILES string of the molecule is C[C@@H](NC(N)=O)c1ccc2ccccc2c1. The average Bonchev–Trinajstić information content (AvgIpc) is 2.27. The zero-order valence-electron chi connectivity index (χ0n) is 9.10. The fourth-order valence-electron chi connectivity index (χ4n) is 1.77. The van der Waals surface area contributed by atoms with Gasteiger partial charge in [-0.1, -0.05) is 36.4 Å². The van der Waals surface area contributed by atoms with Crippen LogP contribution in [-0.4, -0.2) is 6.03 Å². The smallest absolute Gasteiger partial charge is 0.312 e. The number of amides is 2. The average molecular weight is 214 g/mol. The van der Waals surface area contributed by atoms with Crippen LogP contribution >= 0.6 is 0 Å². The van der Waals surface area contributed by atoms with E-state index in [1.54, 1.807) is 0 Å². The van der Waals surface area contributed by atoms with Gasteiger partial charge in [-0.25, -0.2) is 4.79 Å². The van der Waals surface area contributed by atoms with E-state index in [2.05, 4.69) is 23.5 Å². The number of primary amides is 1. The molecule has 0 spiro atoms. The van der Waals surface area contributed by atoms with Crippen LogP contribution in [-0.2, 0) is 0 Å². The number of hydrogen-bond donors (Lipinski definition) is 2. The second-order valence-electron chi connectivity index (χ2n) is 3.84. The van der Waals surface area contributed by atoms with Crippen molar-refractivity contribution >= 4 is 16.8 Å². The molecular weight excluding hydrogens is 200 g/mol. The number of benzene rings is 2. The number of carbonyl (C=O) groups excluding carboxylic acids is 1. The minimum Gasteiger partial charge on any atom is -0.352 e. The molecule has 2 rings (SSSR count). The number of rotatable bonds is 2. The number of carbonyl (C=O) groups is 1. The summed E-state index contributed by atoms with van der Waals surface area (Å²) in [5, 5.41) is 5.02. The molecule has 3 N–H and O–H groups in total. The Hall–Kier alpha value is -2.03. The molecule has 0 heterocycles. The van der Waals surface area contributed by atoms with Gasteiger partial charge in [-0.05, 0) is 29.3 Å². The van der Waals surface area contributed by atoms with Gasteiger partial charge in [-0.3, -0.25) is 0 Å². The lowest BCUT2D eigenvalue weighted by atomic mass is 10.0. The monoisotopic (exact) mass is 214 g/mol. The lowest BCUT2D eigenvalue weighted by Crippen LogP contribution is -2.31. The molecule has 3 heteroatoms.